The smallest absolute Gasteiger partial charge is 0.225 e. The van der Waals surface area contributed by atoms with E-state index in [1.54, 1.807) is 17.0 Å². The van der Waals surface area contributed by atoms with Gasteiger partial charge in [0, 0.05) is 44.7 Å². The second-order valence-corrected chi connectivity index (χ2v) is 8.78. The highest BCUT2D eigenvalue weighted by Gasteiger charge is 2.38. The van der Waals surface area contributed by atoms with Gasteiger partial charge in [0.2, 0.25) is 11.8 Å². The minimum absolute atomic E-state index is 0.00614. The Morgan fingerprint density at radius 1 is 1.19 bits per heavy atom. The first kappa shape index (κ1) is 21.5. The fourth-order valence-corrected chi connectivity index (χ4v) is 4.56. The molecular formula is C25H29FN2O3. The quantitative estimate of drug-likeness (QED) is 0.774. The SMILES string of the molecule is Cc1ccc(CN2CC(C(=O)NCC3(c4cccc(F)c4)CCOCC3)CC2=O)cc1. The molecule has 2 amide bonds. The highest BCUT2D eigenvalue weighted by molar-refractivity contribution is 5.89. The number of halogens is 1. The molecule has 1 atom stereocenters. The highest BCUT2D eigenvalue weighted by atomic mass is 19.1. The third-order valence-electron chi connectivity index (χ3n) is 6.57. The largest absolute Gasteiger partial charge is 0.381 e. The maximum atomic E-state index is 13.9. The molecule has 0 bridgehead atoms. The maximum absolute atomic E-state index is 13.9. The van der Waals surface area contributed by atoms with E-state index in [9.17, 15) is 14.0 Å². The van der Waals surface area contributed by atoms with Gasteiger partial charge in [-0.2, -0.15) is 0 Å². The lowest BCUT2D eigenvalue weighted by Crippen LogP contribution is -2.46. The number of nitrogens with zero attached hydrogens (tertiary/aromatic N) is 1. The summed E-state index contributed by atoms with van der Waals surface area (Å²) in [7, 11) is 0. The molecule has 0 aliphatic carbocycles. The molecule has 5 nitrogen and oxygen atoms in total. The molecule has 0 saturated carbocycles. The Bertz CT molecular complexity index is 938. The number of hydrogen-bond donors (Lipinski definition) is 1. The van der Waals surface area contributed by atoms with E-state index in [1.807, 2.05) is 37.3 Å². The summed E-state index contributed by atoms with van der Waals surface area (Å²) < 4.78 is 19.4. The van der Waals surface area contributed by atoms with Crippen molar-refractivity contribution in [2.24, 2.45) is 5.92 Å². The Kier molecular flexibility index (Phi) is 6.37. The van der Waals surface area contributed by atoms with Crippen LogP contribution in [0.15, 0.2) is 48.5 Å². The molecule has 31 heavy (non-hydrogen) atoms. The average Bonchev–Trinajstić information content (AvgIpc) is 3.14. The second kappa shape index (κ2) is 9.18. The first-order valence-corrected chi connectivity index (χ1v) is 10.9. The molecule has 2 fully saturated rings. The van der Waals surface area contributed by atoms with E-state index in [0.717, 1.165) is 24.0 Å². The van der Waals surface area contributed by atoms with Crippen molar-refractivity contribution >= 4 is 11.8 Å². The predicted octanol–water partition coefficient (Wildman–Crippen LogP) is 3.35. The number of carbonyl (C=O) groups excluding carboxylic acids is 2. The molecule has 0 aromatic heterocycles. The third-order valence-corrected chi connectivity index (χ3v) is 6.57. The van der Waals surface area contributed by atoms with E-state index in [-0.39, 0.29) is 35.4 Å². The number of amides is 2. The summed E-state index contributed by atoms with van der Waals surface area (Å²) in [6.07, 6.45) is 1.67. The lowest BCUT2D eigenvalue weighted by atomic mass is 9.74. The summed E-state index contributed by atoms with van der Waals surface area (Å²) in [5.41, 5.74) is 2.78. The Morgan fingerprint density at radius 2 is 1.94 bits per heavy atom. The Labute approximate surface area is 182 Å². The van der Waals surface area contributed by atoms with Crippen LogP contribution in [0.5, 0.6) is 0 Å². The fourth-order valence-electron chi connectivity index (χ4n) is 4.56. The summed E-state index contributed by atoms with van der Waals surface area (Å²) in [5.74, 6) is -0.737. The minimum atomic E-state index is -0.359. The molecular weight excluding hydrogens is 395 g/mol. The van der Waals surface area contributed by atoms with Gasteiger partial charge in [-0.3, -0.25) is 9.59 Å². The summed E-state index contributed by atoms with van der Waals surface area (Å²) in [4.78, 5) is 27.2. The van der Waals surface area contributed by atoms with E-state index >= 15 is 0 Å². The minimum Gasteiger partial charge on any atom is -0.381 e. The van der Waals surface area contributed by atoms with Crippen molar-refractivity contribution in [1.82, 2.24) is 10.2 Å². The van der Waals surface area contributed by atoms with Crippen LogP contribution in [-0.2, 0) is 26.3 Å². The van der Waals surface area contributed by atoms with E-state index in [2.05, 4.69) is 5.32 Å². The van der Waals surface area contributed by atoms with E-state index in [4.69, 9.17) is 4.74 Å². The zero-order valence-corrected chi connectivity index (χ0v) is 17.9. The van der Waals surface area contributed by atoms with Crippen LogP contribution in [-0.4, -0.2) is 43.0 Å². The van der Waals surface area contributed by atoms with Crippen molar-refractivity contribution in [1.29, 1.82) is 0 Å². The molecule has 0 spiro atoms. The Balaban J connectivity index is 1.39. The van der Waals surface area contributed by atoms with Gasteiger partial charge in [0.15, 0.2) is 0 Å². The van der Waals surface area contributed by atoms with E-state index < -0.39 is 0 Å². The second-order valence-electron chi connectivity index (χ2n) is 8.78. The molecule has 2 saturated heterocycles. The van der Waals surface area contributed by atoms with Gasteiger partial charge < -0.3 is 15.0 Å². The van der Waals surface area contributed by atoms with Gasteiger partial charge in [0.25, 0.3) is 0 Å². The number of nitrogens with one attached hydrogen (secondary N) is 1. The average molecular weight is 425 g/mol. The van der Waals surface area contributed by atoms with Gasteiger partial charge in [0.1, 0.15) is 5.82 Å². The monoisotopic (exact) mass is 424 g/mol. The number of aryl methyl sites for hydroxylation is 1. The lowest BCUT2D eigenvalue weighted by Gasteiger charge is -2.38. The summed E-state index contributed by atoms with van der Waals surface area (Å²) in [6.45, 7) is 4.56. The molecule has 0 radical (unpaired) electrons. The number of carbonyl (C=O) groups is 2. The zero-order valence-electron chi connectivity index (χ0n) is 17.9. The lowest BCUT2D eigenvalue weighted by molar-refractivity contribution is -0.129. The van der Waals surface area contributed by atoms with Crippen molar-refractivity contribution in [3.63, 3.8) is 0 Å². The van der Waals surface area contributed by atoms with Gasteiger partial charge in [-0.25, -0.2) is 4.39 Å². The normalized spacial score (nSPS) is 20.6. The Morgan fingerprint density at radius 3 is 2.65 bits per heavy atom. The molecule has 1 N–H and O–H groups in total. The number of ether oxygens (including phenoxy) is 1. The fraction of sp³-hybridized carbons (Fsp3) is 0.440. The van der Waals surface area contributed by atoms with Crippen LogP contribution in [0.2, 0.25) is 0 Å². The summed E-state index contributed by atoms with van der Waals surface area (Å²) in [5, 5.41) is 3.07. The number of benzene rings is 2. The molecule has 2 aliphatic heterocycles. The molecule has 2 aliphatic rings. The predicted molar refractivity (Wildman–Crippen MR) is 116 cm³/mol. The molecule has 2 aromatic rings. The highest BCUT2D eigenvalue weighted by Crippen LogP contribution is 2.35. The van der Waals surface area contributed by atoms with Crippen LogP contribution >= 0.6 is 0 Å². The number of rotatable bonds is 6. The summed E-state index contributed by atoms with van der Waals surface area (Å²) in [6, 6.07) is 14.7. The van der Waals surface area contributed by atoms with Gasteiger partial charge in [0.05, 0.1) is 5.92 Å². The van der Waals surface area contributed by atoms with Crippen LogP contribution in [0.25, 0.3) is 0 Å². The van der Waals surface area contributed by atoms with Crippen LogP contribution in [0.4, 0.5) is 4.39 Å². The van der Waals surface area contributed by atoms with Crippen molar-refractivity contribution in [3.05, 3.63) is 71.0 Å². The van der Waals surface area contributed by atoms with Crippen LogP contribution in [0.1, 0.15) is 36.0 Å². The van der Waals surface area contributed by atoms with Crippen molar-refractivity contribution in [2.75, 3.05) is 26.3 Å². The third kappa shape index (κ3) is 4.96. The first-order valence-electron chi connectivity index (χ1n) is 10.9. The number of hydrogen-bond acceptors (Lipinski definition) is 3. The number of likely N-dealkylation sites (tertiary alicyclic amines) is 1. The Hall–Kier alpha value is -2.73. The maximum Gasteiger partial charge on any atom is 0.225 e. The zero-order chi connectivity index (χ0) is 21.8. The molecule has 2 heterocycles. The topological polar surface area (TPSA) is 58.6 Å². The molecule has 164 valence electrons. The molecule has 4 rings (SSSR count). The molecule has 1 unspecified atom stereocenters. The van der Waals surface area contributed by atoms with Gasteiger partial charge in [-0.15, -0.1) is 0 Å². The van der Waals surface area contributed by atoms with Crippen molar-refractivity contribution < 1.29 is 18.7 Å². The van der Waals surface area contributed by atoms with E-state index in [1.165, 1.54) is 11.6 Å². The van der Waals surface area contributed by atoms with Crippen LogP contribution in [0, 0.1) is 18.7 Å². The van der Waals surface area contributed by atoms with Crippen molar-refractivity contribution in [3.8, 4) is 0 Å². The standard InChI is InChI=1S/C25H29FN2O3/c1-18-5-7-19(8-6-18)15-28-16-20(13-23(28)29)24(30)27-17-25(9-11-31-12-10-25)21-3-2-4-22(26)14-21/h2-8,14,20H,9-13,15-17H2,1H3,(H,27,30). The van der Waals surface area contributed by atoms with Gasteiger partial charge in [-0.1, -0.05) is 42.0 Å². The van der Waals surface area contributed by atoms with Gasteiger partial charge in [-0.05, 0) is 43.0 Å². The van der Waals surface area contributed by atoms with E-state index in [0.29, 0.717) is 32.8 Å². The molecule has 6 heteroatoms. The first-order chi connectivity index (χ1) is 14.9. The van der Waals surface area contributed by atoms with Crippen LogP contribution < -0.4 is 5.32 Å². The van der Waals surface area contributed by atoms with Crippen molar-refractivity contribution in [2.45, 2.75) is 38.1 Å². The molecule has 2 aromatic carbocycles. The van der Waals surface area contributed by atoms with Gasteiger partial charge >= 0.3 is 0 Å². The summed E-state index contributed by atoms with van der Waals surface area (Å²) >= 11 is 0. The van der Waals surface area contributed by atoms with Crippen LogP contribution in [0.3, 0.4) is 0 Å².